The fraction of sp³-hybridized carbons (Fsp3) is 0.333. The first kappa shape index (κ1) is 11.2. The van der Waals surface area contributed by atoms with E-state index in [2.05, 4.69) is 0 Å². The van der Waals surface area contributed by atoms with Crippen molar-refractivity contribution < 1.29 is 18.3 Å². The summed E-state index contributed by atoms with van der Waals surface area (Å²) in [7, 11) is 0. The Kier molecular flexibility index (Phi) is 3.26. The molecule has 0 saturated heterocycles. The molecule has 0 aliphatic heterocycles. The second-order valence-electron chi connectivity index (χ2n) is 2.90. The third-order valence-electron chi connectivity index (χ3n) is 1.71. The molecule has 0 spiro atoms. The summed E-state index contributed by atoms with van der Waals surface area (Å²) < 4.78 is 35.5. The highest BCUT2D eigenvalue weighted by molar-refractivity contribution is 6.31. The predicted octanol–water partition coefficient (Wildman–Crippen LogP) is 3.54. The number of phenols is 1. The lowest BCUT2D eigenvalue weighted by Crippen LogP contribution is -2.08. The number of aromatic hydroxyl groups is 1. The molecule has 1 aromatic rings. The van der Waals surface area contributed by atoms with Crippen LogP contribution in [-0.4, -0.2) is 11.3 Å². The maximum absolute atomic E-state index is 11.8. The third kappa shape index (κ3) is 3.46. The monoisotopic (exact) mass is 224 g/mol. The average molecular weight is 225 g/mol. The topological polar surface area (TPSA) is 20.2 Å². The van der Waals surface area contributed by atoms with E-state index in [9.17, 15) is 13.2 Å². The highest BCUT2D eigenvalue weighted by atomic mass is 35.5. The summed E-state index contributed by atoms with van der Waals surface area (Å²) in [6.07, 6.45) is -5.21. The second-order valence-corrected chi connectivity index (χ2v) is 3.31. The van der Waals surface area contributed by atoms with Crippen molar-refractivity contribution in [1.29, 1.82) is 0 Å². The van der Waals surface area contributed by atoms with Gasteiger partial charge in [-0.25, -0.2) is 0 Å². The minimum absolute atomic E-state index is 0.140. The summed E-state index contributed by atoms with van der Waals surface area (Å²) in [4.78, 5) is 0. The maximum Gasteiger partial charge on any atom is 0.389 e. The van der Waals surface area contributed by atoms with Gasteiger partial charge in [0.2, 0.25) is 0 Å². The van der Waals surface area contributed by atoms with Crippen molar-refractivity contribution >= 4 is 11.6 Å². The van der Waals surface area contributed by atoms with Crippen LogP contribution in [0.15, 0.2) is 18.2 Å². The highest BCUT2D eigenvalue weighted by Gasteiger charge is 2.26. The van der Waals surface area contributed by atoms with Crippen LogP contribution < -0.4 is 0 Å². The van der Waals surface area contributed by atoms with Gasteiger partial charge in [0.15, 0.2) is 0 Å². The van der Waals surface area contributed by atoms with E-state index in [0.717, 1.165) is 0 Å². The van der Waals surface area contributed by atoms with Gasteiger partial charge in [0, 0.05) is 6.42 Å². The Morgan fingerprint density at radius 3 is 2.43 bits per heavy atom. The van der Waals surface area contributed by atoms with E-state index >= 15 is 0 Å². The molecule has 1 nitrogen and oxygen atoms in total. The van der Waals surface area contributed by atoms with Gasteiger partial charge in [0.25, 0.3) is 0 Å². The lowest BCUT2D eigenvalue weighted by atomic mass is 10.1. The number of hydrogen-bond acceptors (Lipinski definition) is 1. The largest absolute Gasteiger partial charge is 0.506 e. The van der Waals surface area contributed by atoms with Crippen molar-refractivity contribution in [3.05, 3.63) is 28.8 Å². The first-order valence-corrected chi connectivity index (χ1v) is 4.30. The number of alkyl halides is 3. The Morgan fingerprint density at radius 1 is 1.29 bits per heavy atom. The van der Waals surface area contributed by atoms with Gasteiger partial charge in [0.1, 0.15) is 5.75 Å². The Hall–Kier alpha value is -0.900. The molecule has 0 fully saturated rings. The van der Waals surface area contributed by atoms with Gasteiger partial charge < -0.3 is 5.11 Å². The molecule has 0 heterocycles. The van der Waals surface area contributed by atoms with Crippen molar-refractivity contribution in [3.63, 3.8) is 0 Å². The molecule has 1 rings (SSSR count). The fourth-order valence-electron chi connectivity index (χ4n) is 1.000. The van der Waals surface area contributed by atoms with Gasteiger partial charge >= 0.3 is 6.18 Å². The summed E-state index contributed by atoms with van der Waals surface area (Å²) in [5.74, 6) is -0.189. The number of hydrogen-bond donors (Lipinski definition) is 1. The van der Waals surface area contributed by atoms with Gasteiger partial charge in [-0.2, -0.15) is 13.2 Å². The van der Waals surface area contributed by atoms with Crippen LogP contribution in [0, 0.1) is 0 Å². The summed E-state index contributed by atoms with van der Waals surface area (Å²) >= 11 is 5.50. The van der Waals surface area contributed by atoms with E-state index in [1.54, 1.807) is 0 Å². The number of halogens is 4. The summed E-state index contributed by atoms with van der Waals surface area (Å²) in [5, 5.41) is 9.26. The summed E-state index contributed by atoms with van der Waals surface area (Å²) in [5.41, 5.74) is 0.421. The normalized spacial score (nSPS) is 11.7. The molecule has 0 radical (unpaired) electrons. The van der Waals surface area contributed by atoms with Crippen molar-refractivity contribution in [1.82, 2.24) is 0 Å². The second kappa shape index (κ2) is 4.09. The van der Waals surface area contributed by atoms with Gasteiger partial charge in [-0.15, -0.1) is 0 Å². The molecule has 14 heavy (non-hydrogen) atoms. The van der Waals surface area contributed by atoms with Crippen LogP contribution in [0.1, 0.15) is 12.0 Å². The van der Waals surface area contributed by atoms with Crippen LogP contribution in [0.5, 0.6) is 5.75 Å². The molecule has 0 aliphatic carbocycles. The zero-order valence-corrected chi connectivity index (χ0v) is 7.86. The Labute approximate surface area is 84.1 Å². The minimum Gasteiger partial charge on any atom is -0.506 e. The van der Waals surface area contributed by atoms with Crippen LogP contribution in [-0.2, 0) is 6.42 Å². The van der Waals surface area contributed by atoms with Gasteiger partial charge in [-0.05, 0) is 24.1 Å². The Balaban J connectivity index is 2.65. The molecule has 0 aliphatic rings. The van der Waals surface area contributed by atoms with Gasteiger partial charge in [-0.1, -0.05) is 17.7 Å². The van der Waals surface area contributed by atoms with Crippen molar-refractivity contribution in [2.24, 2.45) is 0 Å². The quantitative estimate of drug-likeness (QED) is 0.815. The molecular formula is C9H8ClF3O. The molecule has 0 saturated carbocycles. The maximum atomic E-state index is 11.8. The number of aryl methyl sites for hydroxylation is 1. The SMILES string of the molecule is Oc1cc(CCC(F)(F)F)ccc1Cl. The van der Waals surface area contributed by atoms with E-state index < -0.39 is 12.6 Å². The van der Waals surface area contributed by atoms with Crippen LogP contribution in [0.3, 0.4) is 0 Å². The van der Waals surface area contributed by atoms with Crippen molar-refractivity contribution in [2.75, 3.05) is 0 Å². The van der Waals surface area contributed by atoms with E-state index in [0.29, 0.717) is 5.56 Å². The zero-order valence-electron chi connectivity index (χ0n) is 7.11. The Bertz CT molecular complexity index is 322. The molecule has 0 bridgehead atoms. The first-order chi connectivity index (χ1) is 6.38. The van der Waals surface area contributed by atoms with Crippen LogP contribution in [0.4, 0.5) is 13.2 Å². The Morgan fingerprint density at radius 2 is 1.93 bits per heavy atom. The first-order valence-electron chi connectivity index (χ1n) is 3.92. The lowest BCUT2D eigenvalue weighted by molar-refractivity contribution is -0.134. The van der Waals surface area contributed by atoms with E-state index in [1.807, 2.05) is 0 Å². The van der Waals surface area contributed by atoms with Gasteiger partial charge in [-0.3, -0.25) is 0 Å². The lowest BCUT2D eigenvalue weighted by Gasteiger charge is -2.06. The fourth-order valence-corrected chi connectivity index (χ4v) is 1.12. The smallest absolute Gasteiger partial charge is 0.389 e. The summed E-state index contributed by atoms with van der Waals surface area (Å²) in [6.45, 7) is 0. The standard InChI is InChI=1S/C9H8ClF3O/c10-7-2-1-6(5-8(7)14)3-4-9(11,12)13/h1-2,5,14H,3-4H2. The van der Waals surface area contributed by atoms with Crippen LogP contribution in [0.25, 0.3) is 0 Å². The molecular weight excluding hydrogens is 217 g/mol. The van der Waals surface area contributed by atoms with Crippen LogP contribution in [0.2, 0.25) is 5.02 Å². The molecule has 0 unspecified atom stereocenters. The van der Waals surface area contributed by atoms with Crippen molar-refractivity contribution in [2.45, 2.75) is 19.0 Å². The van der Waals surface area contributed by atoms with E-state index in [4.69, 9.17) is 16.7 Å². The molecule has 0 aromatic heterocycles. The summed E-state index contributed by atoms with van der Waals surface area (Å²) in [6, 6.07) is 4.09. The molecule has 5 heteroatoms. The average Bonchev–Trinajstić information content (AvgIpc) is 2.06. The highest BCUT2D eigenvalue weighted by Crippen LogP contribution is 2.27. The molecule has 1 N–H and O–H groups in total. The van der Waals surface area contributed by atoms with E-state index in [1.165, 1.54) is 18.2 Å². The molecule has 78 valence electrons. The minimum atomic E-state index is -4.17. The molecule has 1 aromatic carbocycles. The third-order valence-corrected chi connectivity index (χ3v) is 2.03. The number of benzene rings is 1. The number of rotatable bonds is 2. The van der Waals surface area contributed by atoms with Gasteiger partial charge in [0.05, 0.1) is 5.02 Å². The molecule has 0 amide bonds. The number of phenolic OH excluding ortho intramolecular Hbond substituents is 1. The van der Waals surface area contributed by atoms with Crippen LogP contribution >= 0.6 is 11.6 Å². The molecule has 0 atom stereocenters. The predicted molar refractivity (Wildman–Crippen MR) is 47.5 cm³/mol. The van der Waals surface area contributed by atoms with E-state index in [-0.39, 0.29) is 17.2 Å². The zero-order chi connectivity index (χ0) is 10.8. The van der Waals surface area contributed by atoms with Crippen molar-refractivity contribution in [3.8, 4) is 5.75 Å².